The molecule has 1 amide bonds. The lowest BCUT2D eigenvalue weighted by molar-refractivity contribution is -0.146. The second kappa shape index (κ2) is 8.06. The molecule has 3 rings (SSSR count). The molecule has 0 spiro atoms. The van der Waals surface area contributed by atoms with Gasteiger partial charge in [0.1, 0.15) is 6.04 Å². The fraction of sp³-hybridized carbons (Fsp3) is 0.556. The molecule has 2 aliphatic rings. The Hall–Kier alpha value is -1.79. The molecular weight excluding hydrogens is 342 g/mol. The third kappa shape index (κ3) is 4.44. The standard InChI is InChI=1S/C18H24ClN3O3/c19-14-4-3-5-15(12-14)20-8-10-21(11-9-20)17(23)13-22-7-2-1-6-16(22)18(24)25/h3-5,12,16H,1-2,6-11,13H2,(H,24,25). The minimum atomic E-state index is -0.821. The van der Waals surface area contributed by atoms with Crippen LogP contribution in [0.25, 0.3) is 0 Å². The van der Waals surface area contributed by atoms with Crippen molar-refractivity contribution in [2.45, 2.75) is 25.3 Å². The van der Waals surface area contributed by atoms with Crippen LogP contribution in [0.4, 0.5) is 5.69 Å². The van der Waals surface area contributed by atoms with E-state index in [9.17, 15) is 14.7 Å². The number of likely N-dealkylation sites (tertiary alicyclic amines) is 1. The molecule has 1 aromatic carbocycles. The molecule has 1 unspecified atom stereocenters. The molecule has 2 heterocycles. The first-order chi connectivity index (χ1) is 12.0. The molecule has 1 atom stereocenters. The molecule has 6 nitrogen and oxygen atoms in total. The van der Waals surface area contributed by atoms with Crippen LogP contribution in [0.3, 0.4) is 0 Å². The van der Waals surface area contributed by atoms with E-state index < -0.39 is 12.0 Å². The van der Waals surface area contributed by atoms with E-state index in [1.165, 1.54) is 0 Å². The van der Waals surface area contributed by atoms with Gasteiger partial charge in [0.25, 0.3) is 0 Å². The molecule has 2 saturated heterocycles. The van der Waals surface area contributed by atoms with Crippen LogP contribution < -0.4 is 4.90 Å². The summed E-state index contributed by atoms with van der Waals surface area (Å²) in [6, 6.07) is 7.21. The van der Waals surface area contributed by atoms with E-state index in [0.717, 1.165) is 31.6 Å². The fourth-order valence-corrected chi connectivity index (χ4v) is 3.81. The van der Waals surface area contributed by atoms with Gasteiger partial charge >= 0.3 is 5.97 Å². The molecule has 0 aliphatic carbocycles. The Labute approximate surface area is 152 Å². The topological polar surface area (TPSA) is 64.1 Å². The van der Waals surface area contributed by atoms with Gasteiger partial charge in [-0.05, 0) is 37.6 Å². The van der Waals surface area contributed by atoms with E-state index >= 15 is 0 Å². The number of carbonyl (C=O) groups is 2. The summed E-state index contributed by atoms with van der Waals surface area (Å²) >= 11 is 6.05. The van der Waals surface area contributed by atoms with Gasteiger partial charge in [-0.3, -0.25) is 14.5 Å². The quantitative estimate of drug-likeness (QED) is 0.883. The van der Waals surface area contributed by atoms with Crippen molar-refractivity contribution in [3.63, 3.8) is 0 Å². The van der Waals surface area contributed by atoms with Crippen LogP contribution in [-0.2, 0) is 9.59 Å². The van der Waals surface area contributed by atoms with Gasteiger partial charge < -0.3 is 14.9 Å². The summed E-state index contributed by atoms with van der Waals surface area (Å²) in [6.07, 6.45) is 2.50. The summed E-state index contributed by atoms with van der Waals surface area (Å²) in [6.45, 7) is 3.70. The predicted octanol–water partition coefficient (Wildman–Crippen LogP) is 1.93. The number of carboxylic acids is 1. The lowest BCUT2D eigenvalue weighted by Gasteiger charge is -2.38. The largest absolute Gasteiger partial charge is 0.480 e. The number of nitrogens with zero attached hydrogens (tertiary/aromatic N) is 3. The minimum Gasteiger partial charge on any atom is -0.480 e. The Morgan fingerprint density at radius 1 is 1.12 bits per heavy atom. The molecule has 136 valence electrons. The van der Waals surface area contributed by atoms with Gasteiger partial charge in [-0.25, -0.2) is 0 Å². The van der Waals surface area contributed by atoms with E-state index in [1.807, 2.05) is 34.1 Å². The van der Waals surface area contributed by atoms with Gasteiger partial charge in [-0.15, -0.1) is 0 Å². The fourth-order valence-electron chi connectivity index (χ4n) is 3.62. The maximum Gasteiger partial charge on any atom is 0.320 e. The number of aliphatic carboxylic acids is 1. The zero-order valence-electron chi connectivity index (χ0n) is 14.2. The molecule has 0 aromatic heterocycles. The third-order valence-corrected chi connectivity index (χ3v) is 5.28. The highest BCUT2D eigenvalue weighted by atomic mass is 35.5. The van der Waals surface area contributed by atoms with Crippen LogP contribution in [-0.4, -0.2) is 72.1 Å². The minimum absolute atomic E-state index is 0.0268. The van der Waals surface area contributed by atoms with Crippen molar-refractivity contribution in [2.75, 3.05) is 44.2 Å². The van der Waals surface area contributed by atoms with Gasteiger partial charge in [0.15, 0.2) is 0 Å². The number of halogens is 1. The number of carbonyl (C=O) groups excluding carboxylic acids is 1. The average molecular weight is 366 g/mol. The maximum atomic E-state index is 12.6. The van der Waals surface area contributed by atoms with Crippen molar-refractivity contribution in [3.8, 4) is 0 Å². The maximum absolute atomic E-state index is 12.6. The second-order valence-corrected chi connectivity index (χ2v) is 7.10. The highest BCUT2D eigenvalue weighted by molar-refractivity contribution is 6.30. The Balaban J connectivity index is 1.53. The molecule has 7 heteroatoms. The van der Waals surface area contributed by atoms with Crippen molar-refractivity contribution < 1.29 is 14.7 Å². The zero-order valence-corrected chi connectivity index (χ0v) is 15.0. The van der Waals surface area contributed by atoms with Crippen LogP contribution >= 0.6 is 11.6 Å². The number of rotatable bonds is 4. The first-order valence-corrected chi connectivity index (χ1v) is 9.17. The molecular formula is C18H24ClN3O3. The molecule has 0 radical (unpaired) electrons. The molecule has 2 fully saturated rings. The van der Waals surface area contributed by atoms with E-state index in [0.29, 0.717) is 31.1 Å². The number of benzene rings is 1. The molecule has 25 heavy (non-hydrogen) atoms. The van der Waals surface area contributed by atoms with Crippen LogP contribution in [0.1, 0.15) is 19.3 Å². The molecule has 1 aromatic rings. The Morgan fingerprint density at radius 3 is 2.56 bits per heavy atom. The summed E-state index contributed by atoms with van der Waals surface area (Å²) in [4.78, 5) is 29.8. The molecule has 0 bridgehead atoms. The number of anilines is 1. The number of hydrogen-bond acceptors (Lipinski definition) is 4. The molecule has 0 saturated carbocycles. The van der Waals surface area contributed by atoms with Crippen molar-refractivity contribution >= 4 is 29.2 Å². The van der Waals surface area contributed by atoms with E-state index in [1.54, 1.807) is 0 Å². The van der Waals surface area contributed by atoms with Crippen molar-refractivity contribution in [3.05, 3.63) is 29.3 Å². The van der Waals surface area contributed by atoms with Crippen LogP contribution in [0.15, 0.2) is 24.3 Å². The summed E-state index contributed by atoms with van der Waals surface area (Å²) in [5.41, 5.74) is 1.07. The monoisotopic (exact) mass is 365 g/mol. The number of hydrogen-bond donors (Lipinski definition) is 1. The van der Waals surface area contributed by atoms with Crippen molar-refractivity contribution in [2.24, 2.45) is 0 Å². The van der Waals surface area contributed by atoms with Gasteiger partial charge in [-0.2, -0.15) is 0 Å². The Morgan fingerprint density at radius 2 is 1.88 bits per heavy atom. The molecule has 2 aliphatic heterocycles. The normalized spacial score (nSPS) is 22.0. The summed E-state index contributed by atoms with van der Waals surface area (Å²) < 4.78 is 0. The number of carboxylic acid groups (broad SMARTS) is 1. The summed E-state index contributed by atoms with van der Waals surface area (Å²) in [5.74, 6) is -0.794. The highest BCUT2D eigenvalue weighted by Crippen LogP contribution is 2.21. The zero-order chi connectivity index (χ0) is 17.8. The summed E-state index contributed by atoms with van der Waals surface area (Å²) in [7, 11) is 0. The van der Waals surface area contributed by atoms with Gasteiger partial charge in [-0.1, -0.05) is 24.1 Å². The van der Waals surface area contributed by atoms with Gasteiger partial charge in [0.2, 0.25) is 5.91 Å². The number of piperazine rings is 1. The predicted molar refractivity (Wildman–Crippen MR) is 97.1 cm³/mol. The van der Waals surface area contributed by atoms with Gasteiger partial charge in [0, 0.05) is 36.9 Å². The van der Waals surface area contributed by atoms with Crippen molar-refractivity contribution in [1.29, 1.82) is 0 Å². The van der Waals surface area contributed by atoms with E-state index in [2.05, 4.69) is 4.90 Å². The lowest BCUT2D eigenvalue weighted by atomic mass is 10.0. The Bertz CT molecular complexity index is 632. The number of amides is 1. The van der Waals surface area contributed by atoms with Crippen LogP contribution in [0.2, 0.25) is 5.02 Å². The first-order valence-electron chi connectivity index (χ1n) is 8.80. The smallest absolute Gasteiger partial charge is 0.320 e. The molecule has 1 N–H and O–H groups in total. The highest BCUT2D eigenvalue weighted by Gasteiger charge is 2.31. The first kappa shape index (κ1) is 18.0. The van der Waals surface area contributed by atoms with E-state index in [4.69, 9.17) is 11.6 Å². The van der Waals surface area contributed by atoms with E-state index in [-0.39, 0.29) is 12.5 Å². The average Bonchev–Trinajstić information content (AvgIpc) is 2.62. The Kier molecular flexibility index (Phi) is 5.81. The third-order valence-electron chi connectivity index (χ3n) is 5.04. The SMILES string of the molecule is O=C(O)C1CCCCN1CC(=O)N1CCN(c2cccc(Cl)c2)CC1. The van der Waals surface area contributed by atoms with Crippen molar-refractivity contribution in [1.82, 2.24) is 9.80 Å². The van der Waals surface area contributed by atoms with Gasteiger partial charge in [0.05, 0.1) is 6.54 Å². The lowest BCUT2D eigenvalue weighted by Crippen LogP contribution is -2.54. The number of piperidine rings is 1. The summed E-state index contributed by atoms with van der Waals surface area (Å²) in [5, 5.41) is 10.0. The second-order valence-electron chi connectivity index (χ2n) is 6.67. The van der Waals surface area contributed by atoms with Crippen LogP contribution in [0, 0.1) is 0 Å². The van der Waals surface area contributed by atoms with Crippen LogP contribution in [0.5, 0.6) is 0 Å².